The maximum atomic E-state index is 5.83. The minimum atomic E-state index is -0.288. The summed E-state index contributed by atoms with van der Waals surface area (Å²) in [6, 6.07) is 0. The first kappa shape index (κ1) is 11.3. The average molecular weight is 248 g/mol. The Morgan fingerprint density at radius 2 is 2.53 bits per heavy atom. The van der Waals surface area contributed by atoms with Gasteiger partial charge in [-0.1, -0.05) is 11.6 Å². The zero-order valence-electron chi connectivity index (χ0n) is 8.83. The molecule has 2 heterocycles. The Kier molecular flexibility index (Phi) is 3.30. The van der Waals surface area contributed by atoms with E-state index in [0.29, 0.717) is 4.47 Å². The average Bonchev–Trinajstić information content (AvgIpc) is 2.65. The lowest BCUT2D eigenvalue weighted by atomic mass is 9.93. The number of nitrogens with zero attached hydrogens (tertiary/aromatic N) is 1. The summed E-state index contributed by atoms with van der Waals surface area (Å²) in [6.07, 6.45) is 3.88. The lowest BCUT2D eigenvalue weighted by molar-refractivity contribution is -0.119. The smallest absolute Gasteiger partial charge is 0.183 e. The topological polar surface area (TPSA) is 31.4 Å². The number of halogens is 1. The molecule has 0 spiro atoms. The van der Waals surface area contributed by atoms with Gasteiger partial charge in [0.05, 0.1) is 17.6 Å². The van der Waals surface area contributed by atoms with Crippen LogP contribution in [0.15, 0.2) is 6.20 Å². The number of thiazole rings is 1. The molecule has 84 valence electrons. The van der Waals surface area contributed by atoms with Gasteiger partial charge in [0.15, 0.2) is 4.47 Å². The van der Waals surface area contributed by atoms with Crippen LogP contribution in [0.4, 0.5) is 0 Å². The summed E-state index contributed by atoms with van der Waals surface area (Å²) in [5.74, 6) is 0. The van der Waals surface area contributed by atoms with Crippen LogP contribution in [0.1, 0.15) is 24.6 Å². The minimum absolute atomic E-state index is 0.268. The van der Waals surface area contributed by atoms with Gasteiger partial charge in [-0.2, -0.15) is 0 Å². The van der Waals surface area contributed by atoms with Crippen molar-refractivity contribution in [2.75, 3.05) is 13.7 Å². The van der Waals surface area contributed by atoms with Crippen molar-refractivity contribution in [2.24, 2.45) is 0 Å². The van der Waals surface area contributed by atoms with Crippen molar-refractivity contribution in [2.45, 2.75) is 31.5 Å². The molecule has 5 heteroatoms. The molecule has 1 aromatic rings. The van der Waals surface area contributed by atoms with E-state index < -0.39 is 0 Å². The van der Waals surface area contributed by atoms with Gasteiger partial charge in [0.2, 0.25) is 0 Å². The van der Waals surface area contributed by atoms with Crippen molar-refractivity contribution in [3.8, 4) is 0 Å². The number of aromatic nitrogens is 1. The predicted octanol–water partition coefficient (Wildman–Crippen LogP) is 2.84. The largest absolute Gasteiger partial charge is 0.381 e. The van der Waals surface area contributed by atoms with Crippen molar-refractivity contribution < 1.29 is 9.47 Å². The second-order valence-electron chi connectivity index (χ2n) is 3.91. The molecule has 0 aromatic carbocycles. The molecule has 0 N–H and O–H groups in total. The highest BCUT2D eigenvalue weighted by atomic mass is 35.5. The van der Waals surface area contributed by atoms with Crippen LogP contribution >= 0.6 is 22.9 Å². The first-order valence-corrected chi connectivity index (χ1v) is 6.12. The van der Waals surface area contributed by atoms with Crippen LogP contribution in [0.2, 0.25) is 4.47 Å². The van der Waals surface area contributed by atoms with Gasteiger partial charge in [-0.05, 0) is 13.3 Å². The molecule has 2 rings (SSSR count). The van der Waals surface area contributed by atoms with Crippen molar-refractivity contribution in [1.29, 1.82) is 0 Å². The Hall–Kier alpha value is -0.160. The van der Waals surface area contributed by atoms with Gasteiger partial charge < -0.3 is 9.47 Å². The lowest BCUT2D eigenvalue weighted by Gasteiger charge is -2.36. The van der Waals surface area contributed by atoms with Gasteiger partial charge in [-0.15, -0.1) is 11.3 Å². The standard InChI is InChI=1S/C10H14ClNO2S/c1-10(8-6-12-9(11)15-8)5-7(13-2)3-4-14-10/h6-7H,3-5H2,1-2H3. The van der Waals surface area contributed by atoms with Crippen LogP contribution in [-0.2, 0) is 15.1 Å². The molecule has 2 unspecified atom stereocenters. The van der Waals surface area contributed by atoms with Crippen LogP contribution < -0.4 is 0 Å². The first-order chi connectivity index (χ1) is 7.14. The monoisotopic (exact) mass is 247 g/mol. The highest BCUT2D eigenvalue weighted by molar-refractivity contribution is 7.15. The number of hydrogen-bond acceptors (Lipinski definition) is 4. The summed E-state index contributed by atoms with van der Waals surface area (Å²) >= 11 is 7.31. The second kappa shape index (κ2) is 4.37. The molecule has 1 aliphatic rings. The minimum Gasteiger partial charge on any atom is -0.381 e. The molecule has 0 aliphatic carbocycles. The summed E-state index contributed by atoms with van der Waals surface area (Å²) in [5, 5.41) is 0. The van der Waals surface area contributed by atoms with Crippen molar-refractivity contribution in [3.05, 3.63) is 15.5 Å². The van der Waals surface area contributed by atoms with Crippen LogP contribution in [0.5, 0.6) is 0 Å². The molecule has 1 aliphatic heterocycles. The fraction of sp³-hybridized carbons (Fsp3) is 0.700. The summed E-state index contributed by atoms with van der Waals surface area (Å²) < 4.78 is 11.8. The summed E-state index contributed by atoms with van der Waals surface area (Å²) in [7, 11) is 1.75. The highest BCUT2D eigenvalue weighted by Gasteiger charge is 2.36. The van der Waals surface area contributed by atoms with E-state index in [1.807, 2.05) is 0 Å². The molecule has 15 heavy (non-hydrogen) atoms. The third-order valence-corrected chi connectivity index (χ3v) is 4.17. The zero-order valence-corrected chi connectivity index (χ0v) is 10.4. The second-order valence-corrected chi connectivity index (χ2v) is 5.52. The molecule has 0 saturated carbocycles. The van der Waals surface area contributed by atoms with Gasteiger partial charge in [-0.3, -0.25) is 0 Å². The van der Waals surface area contributed by atoms with Gasteiger partial charge >= 0.3 is 0 Å². The highest BCUT2D eigenvalue weighted by Crippen LogP contribution is 2.39. The summed E-state index contributed by atoms with van der Waals surface area (Å²) in [4.78, 5) is 5.13. The fourth-order valence-corrected chi connectivity index (χ4v) is 2.93. The molecule has 1 fully saturated rings. The van der Waals surface area contributed by atoms with E-state index >= 15 is 0 Å². The van der Waals surface area contributed by atoms with E-state index in [2.05, 4.69) is 11.9 Å². The molecule has 3 nitrogen and oxygen atoms in total. The Balaban J connectivity index is 2.18. The summed E-state index contributed by atoms with van der Waals surface area (Å²) in [6.45, 7) is 2.80. The third-order valence-electron chi connectivity index (χ3n) is 2.81. The van der Waals surface area contributed by atoms with Gasteiger partial charge in [0.25, 0.3) is 0 Å². The normalized spacial score (nSPS) is 31.8. The molecule has 1 aromatic heterocycles. The molecular weight excluding hydrogens is 234 g/mol. The molecule has 1 saturated heterocycles. The van der Waals surface area contributed by atoms with Crippen LogP contribution in [-0.4, -0.2) is 24.8 Å². The molecular formula is C10H14ClNO2S. The number of ether oxygens (including phenoxy) is 2. The number of hydrogen-bond donors (Lipinski definition) is 0. The van der Waals surface area contributed by atoms with Gasteiger partial charge in [0.1, 0.15) is 5.60 Å². The van der Waals surface area contributed by atoms with E-state index in [4.69, 9.17) is 21.1 Å². The number of rotatable bonds is 2. The first-order valence-electron chi connectivity index (χ1n) is 4.92. The zero-order chi connectivity index (χ0) is 10.9. The van der Waals surface area contributed by atoms with E-state index in [9.17, 15) is 0 Å². The maximum absolute atomic E-state index is 5.83. The Morgan fingerprint density at radius 3 is 3.13 bits per heavy atom. The van der Waals surface area contributed by atoms with Crippen LogP contribution in [0, 0.1) is 0 Å². The molecule has 0 bridgehead atoms. The van der Waals surface area contributed by atoms with Crippen LogP contribution in [0.3, 0.4) is 0 Å². The maximum Gasteiger partial charge on any atom is 0.183 e. The van der Waals surface area contributed by atoms with Gasteiger partial charge in [-0.25, -0.2) is 4.98 Å². The molecule has 0 amide bonds. The Morgan fingerprint density at radius 1 is 1.73 bits per heavy atom. The lowest BCUT2D eigenvalue weighted by Crippen LogP contribution is -2.37. The van der Waals surface area contributed by atoms with Gasteiger partial charge in [0, 0.05) is 19.7 Å². The predicted molar refractivity (Wildman–Crippen MR) is 60.5 cm³/mol. The van der Waals surface area contributed by atoms with Crippen molar-refractivity contribution in [1.82, 2.24) is 4.98 Å². The Bertz CT molecular complexity index is 344. The quantitative estimate of drug-likeness (QED) is 0.805. The Labute approximate surface area is 98.4 Å². The van der Waals surface area contributed by atoms with E-state index in [1.54, 1.807) is 13.3 Å². The molecule has 2 atom stereocenters. The summed E-state index contributed by atoms with van der Waals surface area (Å²) in [5.41, 5.74) is -0.288. The SMILES string of the molecule is COC1CCOC(C)(c2cnc(Cl)s2)C1. The fourth-order valence-electron chi connectivity index (χ4n) is 1.88. The third kappa shape index (κ3) is 2.33. The van der Waals surface area contributed by atoms with E-state index in [0.717, 1.165) is 24.3 Å². The molecule has 0 radical (unpaired) electrons. The van der Waals surface area contributed by atoms with E-state index in [1.165, 1.54) is 11.3 Å². The van der Waals surface area contributed by atoms with Crippen LogP contribution in [0.25, 0.3) is 0 Å². The van der Waals surface area contributed by atoms with Crippen molar-refractivity contribution in [3.63, 3.8) is 0 Å². The van der Waals surface area contributed by atoms with E-state index in [-0.39, 0.29) is 11.7 Å². The van der Waals surface area contributed by atoms with Crippen molar-refractivity contribution >= 4 is 22.9 Å². The number of methoxy groups -OCH3 is 1.